The monoisotopic (exact) mass is 268 g/mol. The number of nitrogens with zero attached hydrogens (tertiary/aromatic N) is 4. The maximum atomic E-state index is 10.7. The van der Waals surface area contributed by atoms with Gasteiger partial charge in [0.15, 0.2) is 0 Å². The van der Waals surface area contributed by atoms with Crippen molar-refractivity contribution in [1.29, 1.82) is 0 Å². The lowest BCUT2D eigenvalue weighted by Gasteiger charge is -1.94. The van der Waals surface area contributed by atoms with Crippen molar-refractivity contribution in [3.8, 4) is 11.6 Å². The summed E-state index contributed by atoms with van der Waals surface area (Å²) in [6.07, 6.45) is 2.43. The van der Waals surface area contributed by atoms with Gasteiger partial charge >= 0.3 is 0 Å². The number of nitro groups is 1. The van der Waals surface area contributed by atoms with Gasteiger partial charge in [-0.25, -0.2) is 0 Å². The Morgan fingerprint density at radius 1 is 1.56 bits per heavy atom. The highest BCUT2D eigenvalue weighted by molar-refractivity contribution is 7.99. The van der Waals surface area contributed by atoms with Crippen molar-refractivity contribution < 1.29 is 9.34 Å². The van der Waals surface area contributed by atoms with Gasteiger partial charge in [0.05, 0.1) is 11.1 Å². The third-order valence-electron chi connectivity index (χ3n) is 2.26. The molecule has 2 rings (SSSR count). The van der Waals surface area contributed by atoms with E-state index in [9.17, 15) is 10.1 Å². The zero-order valence-electron chi connectivity index (χ0n) is 9.99. The van der Waals surface area contributed by atoms with Crippen LogP contribution in [0.4, 0.5) is 5.69 Å². The maximum absolute atomic E-state index is 10.7. The minimum Gasteiger partial charge on any atom is -0.410 e. The number of hydrogen-bond acceptors (Lipinski definition) is 6. The fraction of sp³-hybridized carbons (Fsp3) is 0.400. The first kappa shape index (κ1) is 12.6. The number of aromatic nitrogens is 3. The summed E-state index contributed by atoms with van der Waals surface area (Å²) in [5.74, 6) is 1.19. The molecule has 0 N–H and O–H groups in total. The minimum atomic E-state index is -0.452. The van der Waals surface area contributed by atoms with E-state index in [1.165, 1.54) is 24.0 Å². The largest absolute Gasteiger partial charge is 0.410 e. The summed E-state index contributed by atoms with van der Waals surface area (Å²) >= 11 is 1.47. The first-order valence-corrected chi connectivity index (χ1v) is 6.37. The van der Waals surface area contributed by atoms with Crippen molar-refractivity contribution in [1.82, 2.24) is 14.8 Å². The van der Waals surface area contributed by atoms with Crippen LogP contribution in [0.2, 0.25) is 0 Å². The van der Waals surface area contributed by atoms with E-state index in [4.69, 9.17) is 4.42 Å². The highest BCUT2D eigenvalue weighted by Gasteiger charge is 2.17. The summed E-state index contributed by atoms with van der Waals surface area (Å²) in [5.41, 5.74) is 0.547. The van der Waals surface area contributed by atoms with Crippen molar-refractivity contribution in [2.45, 2.75) is 18.6 Å². The SMILES string of the molecule is CCCSc1nnc(-c2cc([N+](=O)[O-])cn2C)o1. The minimum absolute atomic E-state index is 0.00783. The Morgan fingerprint density at radius 3 is 2.94 bits per heavy atom. The molecule has 0 radical (unpaired) electrons. The molecule has 0 fully saturated rings. The van der Waals surface area contributed by atoms with Crippen LogP contribution in [0.5, 0.6) is 0 Å². The lowest BCUT2D eigenvalue weighted by atomic mass is 10.4. The molecule has 8 heteroatoms. The zero-order valence-corrected chi connectivity index (χ0v) is 10.8. The fourth-order valence-corrected chi connectivity index (χ4v) is 2.04. The third kappa shape index (κ3) is 2.53. The van der Waals surface area contributed by atoms with Crippen molar-refractivity contribution in [2.24, 2.45) is 7.05 Å². The maximum Gasteiger partial charge on any atom is 0.287 e. The number of aryl methyl sites for hydroxylation is 1. The van der Waals surface area contributed by atoms with Gasteiger partial charge in [0.2, 0.25) is 0 Å². The van der Waals surface area contributed by atoms with E-state index < -0.39 is 4.92 Å². The first-order valence-electron chi connectivity index (χ1n) is 5.39. The zero-order chi connectivity index (χ0) is 13.1. The van der Waals surface area contributed by atoms with Crippen LogP contribution in [0, 0.1) is 10.1 Å². The quantitative estimate of drug-likeness (QED) is 0.470. The Balaban J connectivity index is 2.25. The van der Waals surface area contributed by atoms with E-state index in [1.54, 1.807) is 11.6 Å². The van der Waals surface area contributed by atoms with E-state index in [2.05, 4.69) is 17.1 Å². The van der Waals surface area contributed by atoms with Crippen LogP contribution in [-0.2, 0) is 7.05 Å². The molecule has 0 aromatic carbocycles. The molecule has 0 saturated carbocycles. The molecule has 0 spiro atoms. The van der Waals surface area contributed by atoms with Crippen molar-refractivity contribution in [2.75, 3.05) is 5.75 Å². The lowest BCUT2D eigenvalue weighted by Crippen LogP contribution is -1.89. The van der Waals surface area contributed by atoms with Crippen LogP contribution >= 0.6 is 11.8 Å². The number of rotatable bonds is 5. The molecule has 0 amide bonds. The Bertz CT molecular complexity index is 563. The normalized spacial score (nSPS) is 10.8. The van der Waals surface area contributed by atoms with Crippen LogP contribution in [-0.4, -0.2) is 25.4 Å². The van der Waals surface area contributed by atoms with Gasteiger partial charge in [0.1, 0.15) is 5.69 Å². The van der Waals surface area contributed by atoms with Crippen molar-refractivity contribution in [3.63, 3.8) is 0 Å². The molecule has 0 unspecified atom stereocenters. The van der Waals surface area contributed by atoms with E-state index in [0.29, 0.717) is 16.8 Å². The Kier molecular flexibility index (Phi) is 3.66. The second-order valence-electron chi connectivity index (χ2n) is 3.67. The molecule has 2 aromatic heterocycles. The second-order valence-corrected chi connectivity index (χ2v) is 4.72. The Labute approximate surface area is 107 Å². The molecule has 0 aliphatic heterocycles. The highest BCUT2D eigenvalue weighted by atomic mass is 32.2. The standard InChI is InChI=1S/C10H12N4O3S/c1-3-4-18-10-12-11-9(17-10)8-5-7(14(15)16)6-13(8)2/h5-6H,3-4H2,1-2H3. The summed E-state index contributed by atoms with van der Waals surface area (Å²) in [7, 11) is 1.70. The van der Waals surface area contributed by atoms with Crippen LogP contribution < -0.4 is 0 Å². The molecule has 2 heterocycles. The molecule has 18 heavy (non-hydrogen) atoms. The van der Waals surface area contributed by atoms with Crippen molar-refractivity contribution >= 4 is 17.4 Å². The predicted octanol–water partition coefficient (Wildman–Crippen LogP) is 2.49. The summed E-state index contributed by atoms with van der Waals surface area (Å²) < 4.78 is 7.04. The van der Waals surface area contributed by atoms with Gasteiger partial charge in [-0.3, -0.25) is 10.1 Å². The molecule has 0 saturated heterocycles. The Hall–Kier alpha value is -1.83. The van der Waals surface area contributed by atoms with E-state index in [1.807, 2.05) is 0 Å². The van der Waals surface area contributed by atoms with E-state index in [0.717, 1.165) is 12.2 Å². The molecule has 0 bridgehead atoms. The molecular formula is C10H12N4O3S. The summed E-state index contributed by atoms with van der Waals surface area (Å²) in [6, 6.07) is 1.42. The average molecular weight is 268 g/mol. The summed E-state index contributed by atoms with van der Waals surface area (Å²) in [5, 5.41) is 18.9. The van der Waals surface area contributed by atoms with E-state index >= 15 is 0 Å². The summed E-state index contributed by atoms with van der Waals surface area (Å²) in [6.45, 7) is 2.06. The Morgan fingerprint density at radius 2 is 2.33 bits per heavy atom. The number of hydrogen-bond donors (Lipinski definition) is 0. The van der Waals surface area contributed by atoms with Gasteiger partial charge in [-0.1, -0.05) is 18.7 Å². The van der Waals surface area contributed by atoms with Crippen LogP contribution in [0.1, 0.15) is 13.3 Å². The van der Waals surface area contributed by atoms with Gasteiger partial charge in [-0.05, 0) is 6.42 Å². The lowest BCUT2D eigenvalue weighted by molar-refractivity contribution is -0.384. The van der Waals surface area contributed by atoms with E-state index in [-0.39, 0.29) is 5.69 Å². The molecule has 0 aliphatic rings. The number of thioether (sulfide) groups is 1. The van der Waals surface area contributed by atoms with Crippen LogP contribution in [0.3, 0.4) is 0 Å². The smallest absolute Gasteiger partial charge is 0.287 e. The van der Waals surface area contributed by atoms with Gasteiger partial charge < -0.3 is 8.98 Å². The van der Waals surface area contributed by atoms with Gasteiger partial charge in [-0.15, -0.1) is 10.2 Å². The molecule has 7 nitrogen and oxygen atoms in total. The topological polar surface area (TPSA) is 87.0 Å². The van der Waals surface area contributed by atoms with Crippen LogP contribution in [0.15, 0.2) is 21.9 Å². The predicted molar refractivity (Wildman–Crippen MR) is 66.4 cm³/mol. The highest BCUT2D eigenvalue weighted by Crippen LogP contribution is 2.27. The van der Waals surface area contributed by atoms with Crippen LogP contribution in [0.25, 0.3) is 11.6 Å². The molecule has 0 aliphatic carbocycles. The van der Waals surface area contributed by atoms with Gasteiger partial charge in [0, 0.05) is 18.9 Å². The molecule has 96 valence electrons. The molecular weight excluding hydrogens is 256 g/mol. The third-order valence-corrected chi connectivity index (χ3v) is 3.28. The summed E-state index contributed by atoms with van der Waals surface area (Å²) in [4.78, 5) is 10.2. The second kappa shape index (κ2) is 5.21. The van der Waals surface area contributed by atoms with Gasteiger partial charge in [0.25, 0.3) is 16.8 Å². The van der Waals surface area contributed by atoms with Gasteiger partial charge in [-0.2, -0.15) is 0 Å². The molecule has 2 aromatic rings. The average Bonchev–Trinajstić information content (AvgIpc) is 2.92. The molecule has 0 atom stereocenters. The first-order chi connectivity index (χ1) is 8.61. The van der Waals surface area contributed by atoms with Crippen molar-refractivity contribution in [3.05, 3.63) is 22.4 Å². The fourth-order valence-electron chi connectivity index (χ4n) is 1.42.